The van der Waals surface area contributed by atoms with Crippen LogP contribution in [-0.2, 0) is 4.79 Å². The van der Waals surface area contributed by atoms with Gasteiger partial charge in [-0.3, -0.25) is 10.1 Å². The number of nitrogens with zero attached hydrogens (tertiary/aromatic N) is 1. The molecule has 1 fully saturated rings. The first kappa shape index (κ1) is 21.5. The zero-order valence-corrected chi connectivity index (χ0v) is 18.5. The molecule has 162 valence electrons. The molecule has 4 rings (SSSR count). The van der Waals surface area contributed by atoms with Crippen molar-refractivity contribution in [2.75, 3.05) is 29.9 Å². The second-order valence-electron chi connectivity index (χ2n) is 8.15. The molecule has 1 amide bonds. The number of nitrogens with one attached hydrogen (secondary N) is 2. The van der Waals surface area contributed by atoms with Crippen LogP contribution in [0.15, 0.2) is 66.0 Å². The van der Waals surface area contributed by atoms with Gasteiger partial charge in [-0.1, -0.05) is 25.1 Å². The Hall–Kier alpha value is -2.70. The summed E-state index contributed by atoms with van der Waals surface area (Å²) in [4.78, 5) is 16.0. The van der Waals surface area contributed by atoms with Gasteiger partial charge in [0.05, 0.1) is 12.6 Å². The van der Waals surface area contributed by atoms with Crippen LogP contribution in [0.5, 0.6) is 0 Å². The van der Waals surface area contributed by atoms with E-state index in [0.717, 1.165) is 35.1 Å². The van der Waals surface area contributed by atoms with E-state index in [4.69, 9.17) is 0 Å². The maximum Gasteiger partial charge on any atom is 0.238 e. The van der Waals surface area contributed by atoms with Gasteiger partial charge in [0.15, 0.2) is 0 Å². The zero-order chi connectivity index (χ0) is 21.6. The summed E-state index contributed by atoms with van der Waals surface area (Å²) in [5.74, 6) is 0.423. The van der Waals surface area contributed by atoms with Gasteiger partial charge in [0, 0.05) is 29.3 Å². The minimum Gasteiger partial charge on any atom is -0.372 e. The third kappa shape index (κ3) is 5.71. The van der Waals surface area contributed by atoms with Gasteiger partial charge < -0.3 is 10.2 Å². The molecule has 0 bridgehead atoms. The average Bonchev–Trinajstić information content (AvgIpc) is 3.31. The van der Waals surface area contributed by atoms with Gasteiger partial charge in [-0.05, 0) is 72.2 Å². The average molecular weight is 438 g/mol. The number of halogens is 1. The van der Waals surface area contributed by atoms with Crippen LogP contribution < -0.4 is 15.5 Å². The molecule has 1 aromatic heterocycles. The third-order valence-corrected chi connectivity index (χ3v) is 6.73. The molecule has 2 heterocycles. The molecule has 0 radical (unpaired) electrons. The molecule has 4 nitrogen and oxygen atoms in total. The summed E-state index contributed by atoms with van der Waals surface area (Å²) in [5.41, 5.74) is 2.92. The first-order chi connectivity index (χ1) is 15.1. The van der Waals surface area contributed by atoms with Crippen molar-refractivity contribution in [2.24, 2.45) is 5.92 Å². The van der Waals surface area contributed by atoms with E-state index in [1.165, 1.54) is 30.7 Å². The number of carbonyl (C=O) groups is 1. The van der Waals surface area contributed by atoms with Gasteiger partial charge in [-0.15, -0.1) is 11.3 Å². The normalized spacial score (nSPS) is 15.6. The fraction of sp³-hybridized carbons (Fsp3) is 0.320. The highest BCUT2D eigenvalue weighted by Crippen LogP contribution is 2.27. The minimum atomic E-state index is -0.270. The van der Waals surface area contributed by atoms with E-state index >= 15 is 0 Å². The van der Waals surface area contributed by atoms with Crippen molar-refractivity contribution in [1.29, 1.82) is 0 Å². The van der Waals surface area contributed by atoms with Crippen LogP contribution in [0.2, 0.25) is 0 Å². The molecule has 0 unspecified atom stereocenters. The molecular formula is C25H28FN3OS. The highest BCUT2D eigenvalue weighted by molar-refractivity contribution is 7.10. The minimum absolute atomic E-state index is 0.108. The SMILES string of the molecule is CC1CCN(c2ccc(NC(=O)CN[C@@H](c3ccc(F)cc3)c3cccs3)cc2)CC1. The molecule has 0 aliphatic carbocycles. The van der Waals surface area contributed by atoms with Crippen molar-refractivity contribution >= 4 is 28.6 Å². The van der Waals surface area contributed by atoms with Crippen LogP contribution in [0.25, 0.3) is 0 Å². The number of carbonyl (C=O) groups excluding carboxylic acids is 1. The van der Waals surface area contributed by atoms with Crippen molar-refractivity contribution in [3.05, 3.63) is 82.3 Å². The third-order valence-electron chi connectivity index (χ3n) is 5.80. The number of hydrogen-bond donors (Lipinski definition) is 2. The lowest BCUT2D eigenvalue weighted by Gasteiger charge is -2.32. The maximum absolute atomic E-state index is 13.3. The number of anilines is 2. The Bertz CT molecular complexity index is 965. The van der Waals surface area contributed by atoms with Gasteiger partial charge in [0.25, 0.3) is 0 Å². The zero-order valence-electron chi connectivity index (χ0n) is 17.7. The number of amides is 1. The summed E-state index contributed by atoms with van der Waals surface area (Å²) >= 11 is 1.61. The Labute approximate surface area is 187 Å². The second kappa shape index (κ2) is 10.1. The van der Waals surface area contributed by atoms with Crippen LogP contribution in [0.3, 0.4) is 0 Å². The highest BCUT2D eigenvalue weighted by atomic mass is 32.1. The van der Waals surface area contributed by atoms with Gasteiger partial charge in [0.2, 0.25) is 5.91 Å². The van der Waals surface area contributed by atoms with Crippen molar-refractivity contribution in [3.63, 3.8) is 0 Å². The summed E-state index contributed by atoms with van der Waals surface area (Å²) in [6, 6.07) is 18.3. The number of thiophene rings is 1. The van der Waals surface area contributed by atoms with E-state index in [1.807, 2.05) is 29.6 Å². The summed E-state index contributed by atoms with van der Waals surface area (Å²) in [5, 5.41) is 8.27. The smallest absolute Gasteiger partial charge is 0.238 e. The molecule has 0 spiro atoms. The Morgan fingerprint density at radius 1 is 1.10 bits per heavy atom. The van der Waals surface area contributed by atoms with Crippen molar-refractivity contribution in [1.82, 2.24) is 5.32 Å². The summed E-state index contributed by atoms with van der Waals surface area (Å²) < 4.78 is 13.3. The van der Waals surface area contributed by atoms with Crippen LogP contribution in [0, 0.1) is 11.7 Å². The van der Waals surface area contributed by atoms with Gasteiger partial charge in [0.1, 0.15) is 5.82 Å². The van der Waals surface area contributed by atoms with Crippen LogP contribution >= 0.6 is 11.3 Å². The molecule has 1 saturated heterocycles. The second-order valence-corrected chi connectivity index (χ2v) is 9.12. The van der Waals surface area contributed by atoms with Crippen molar-refractivity contribution < 1.29 is 9.18 Å². The van der Waals surface area contributed by atoms with E-state index < -0.39 is 0 Å². The largest absolute Gasteiger partial charge is 0.372 e. The lowest BCUT2D eigenvalue weighted by Crippen LogP contribution is -2.32. The van der Waals surface area contributed by atoms with E-state index in [1.54, 1.807) is 23.5 Å². The number of piperidine rings is 1. The molecule has 2 N–H and O–H groups in total. The molecule has 1 aliphatic rings. The fourth-order valence-corrected chi connectivity index (χ4v) is 4.74. The quantitative estimate of drug-likeness (QED) is 0.517. The standard InChI is InChI=1S/C25H28FN3OS/c1-18-12-14-29(15-13-18)22-10-8-21(9-11-22)28-24(30)17-27-25(23-3-2-16-31-23)19-4-6-20(26)7-5-19/h2-11,16,18,25,27H,12-15,17H2,1H3,(H,28,30)/t25-/m0/s1. The maximum atomic E-state index is 13.3. The predicted molar refractivity (Wildman–Crippen MR) is 126 cm³/mol. The molecule has 6 heteroatoms. The van der Waals surface area contributed by atoms with Gasteiger partial charge in [-0.2, -0.15) is 0 Å². The molecule has 31 heavy (non-hydrogen) atoms. The molecule has 1 atom stereocenters. The lowest BCUT2D eigenvalue weighted by molar-refractivity contribution is -0.115. The number of hydrogen-bond acceptors (Lipinski definition) is 4. The number of benzene rings is 2. The molecule has 3 aromatic rings. The van der Waals surface area contributed by atoms with Gasteiger partial charge >= 0.3 is 0 Å². The highest BCUT2D eigenvalue weighted by Gasteiger charge is 2.17. The fourth-order valence-electron chi connectivity index (χ4n) is 3.92. The predicted octanol–water partition coefficient (Wildman–Crippen LogP) is 5.44. The Morgan fingerprint density at radius 2 is 1.81 bits per heavy atom. The topological polar surface area (TPSA) is 44.4 Å². The van der Waals surface area contributed by atoms with E-state index in [0.29, 0.717) is 0 Å². The molecule has 2 aromatic carbocycles. The molecule has 0 saturated carbocycles. The monoisotopic (exact) mass is 437 g/mol. The van der Waals surface area contributed by atoms with Crippen molar-refractivity contribution in [2.45, 2.75) is 25.8 Å². The lowest BCUT2D eigenvalue weighted by atomic mass is 9.99. The summed E-state index contributed by atoms with van der Waals surface area (Å²) in [6.07, 6.45) is 2.45. The van der Waals surface area contributed by atoms with E-state index in [9.17, 15) is 9.18 Å². The Balaban J connectivity index is 1.34. The van der Waals surface area contributed by atoms with Crippen LogP contribution in [-0.4, -0.2) is 25.5 Å². The Kier molecular flexibility index (Phi) is 6.99. The Morgan fingerprint density at radius 3 is 2.45 bits per heavy atom. The molecular weight excluding hydrogens is 409 g/mol. The first-order valence-electron chi connectivity index (χ1n) is 10.8. The van der Waals surface area contributed by atoms with Crippen molar-refractivity contribution in [3.8, 4) is 0 Å². The van der Waals surface area contributed by atoms with Crippen LogP contribution in [0.1, 0.15) is 36.2 Å². The summed E-state index contributed by atoms with van der Waals surface area (Å²) in [7, 11) is 0. The van der Waals surface area contributed by atoms with E-state index in [2.05, 4.69) is 34.6 Å². The first-order valence-corrected chi connectivity index (χ1v) is 11.6. The number of rotatable bonds is 7. The van der Waals surface area contributed by atoms with Gasteiger partial charge in [-0.25, -0.2) is 4.39 Å². The molecule has 1 aliphatic heterocycles. The van der Waals surface area contributed by atoms with Crippen LogP contribution in [0.4, 0.5) is 15.8 Å². The van der Waals surface area contributed by atoms with E-state index in [-0.39, 0.29) is 24.3 Å². The summed E-state index contributed by atoms with van der Waals surface area (Å²) in [6.45, 7) is 4.64.